The summed E-state index contributed by atoms with van der Waals surface area (Å²) in [6.07, 6.45) is 9.54. The van der Waals surface area contributed by atoms with Crippen molar-refractivity contribution in [3.63, 3.8) is 0 Å². The first-order valence-corrected chi connectivity index (χ1v) is 6.98. The Morgan fingerprint density at radius 2 is 1.95 bits per heavy atom. The molecule has 0 aliphatic carbocycles. The van der Waals surface area contributed by atoms with Gasteiger partial charge < -0.3 is 9.84 Å². The Kier molecular flexibility index (Phi) is 7.54. The van der Waals surface area contributed by atoms with E-state index in [1.165, 1.54) is 0 Å². The van der Waals surface area contributed by atoms with E-state index in [1.807, 2.05) is 20.8 Å². The average Bonchev–Trinajstić information content (AvgIpc) is 2.34. The maximum absolute atomic E-state index is 9.94. The molecule has 20 heavy (non-hydrogen) atoms. The third-order valence-electron chi connectivity index (χ3n) is 3.60. The summed E-state index contributed by atoms with van der Waals surface area (Å²) in [6, 6.07) is 0. The molecule has 0 spiro atoms. The average molecular weight is 279 g/mol. The number of aliphatic hydroxyl groups is 1. The molecule has 114 valence electrons. The van der Waals surface area contributed by atoms with Crippen LogP contribution in [0.4, 0.5) is 0 Å². The van der Waals surface area contributed by atoms with Crippen LogP contribution in [0.3, 0.4) is 0 Å². The van der Waals surface area contributed by atoms with E-state index < -0.39 is 11.8 Å². The molecule has 0 amide bonds. The maximum atomic E-state index is 9.94. The van der Waals surface area contributed by atoms with Crippen molar-refractivity contribution in [1.29, 1.82) is 0 Å². The molecule has 0 aromatic heterocycles. The van der Waals surface area contributed by atoms with Crippen molar-refractivity contribution >= 4 is 0 Å². The molecule has 0 aliphatic rings. The van der Waals surface area contributed by atoms with E-state index in [4.69, 9.17) is 10.5 Å². The smallest absolute Gasteiger partial charge is 0.156 e. The number of rotatable bonds is 9. The van der Waals surface area contributed by atoms with Crippen molar-refractivity contribution in [1.82, 2.24) is 0 Å². The van der Waals surface area contributed by atoms with Gasteiger partial charge in [-0.3, -0.25) is 5.73 Å². The Bertz CT molecular complexity index is 380. The van der Waals surface area contributed by atoms with Gasteiger partial charge in [-0.05, 0) is 37.8 Å². The molecule has 0 saturated carbocycles. The Morgan fingerprint density at radius 1 is 1.35 bits per heavy atom. The van der Waals surface area contributed by atoms with E-state index in [0.717, 1.165) is 6.42 Å². The highest BCUT2D eigenvalue weighted by molar-refractivity contribution is 5.20. The first kappa shape index (κ1) is 18.7. The summed E-state index contributed by atoms with van der Waals surface area (Å²) in [5.74, 6) is 0.619. The first-order chi connectivity index (χ1) is 9.20. The second-order valence-electron chi connectivity index (χ2n) is 5.67. The molecule has 0 heterocycles. The molecule has 0 aromatic carbocycles. The van der Waals surface area contributed by atoms with E-state index in [0.29, 0.717) is 12.2 Å². The number of allylic oxidation sites excluding steroid dienone is 5. The zero-order chi connectivity index (χ0) is 15.8. The highest BCUT2D eigenvalue weighted by Crippen LogP contribution is 2.35. The lowest BCUT2D eigenvalue weighted by molar-refractivity contribution is -0.0516. The van der Waals surface area contributed by atoms with Gasteiger partial charge in [0.05, 0.1) is 6.10 Å². The van der Waals surface area contributed by atoms with Gasteiger partial charge in [-0.15, -0.1) is 0 Å². The summed E-state index contributed by atoms with van der Waals surface area (Å²) in [5.41, 5.74) is 5.09. The van der Waals surface area contributed by atoms with Crippen LogP contribution in [-0.2, 0) is 4.74 Å². The monoisotopic (exact) mass is 279 g/mol. The SMILES string of the molecule is C=C/C=C\C(=C/C=C)OC(C)(N)CC(C)(CC)C(C)O. The largest absolute Gasteiger partial charge is 0.473 e. The van der Waals surface area contributed by atoms with Crippen molar-refractivity contribution in [3.05, 3.63) is 49.3 Å². The van der Waals surface area contributed by atoms with Crippen molar-refractivity contribution in [3.8, 4) is 0 Å². The minimum Gasteiger partial charge on any atom is -0.473 e. The van der Waals surface area contributed by atoms with Gasteiger partial charge in [-0.2, -0.15) is 0 Å². The molecular formula is C17H29NO2. The molecule has 0 aliphatic heterocycles. The fraction of sp³-hybridized carbons (Fsp3) is 0.529. The van der Waals surface area contributed by atoms with Gasteiger partial charge >= 0.3 is 0 Å². The second-order valence-corrected chi connectivity index (χ2v) is 5.67. The van der Waals surface area contributed by atoms with Crippen LogP contribution in [0.25, 0.3) is 0 Å². The molecule has 0 radical (unpaired) electrons. The molecule has 0 saturated heterocycles. The van der Waals surface area contributed by atoms with E-state index in [9.17, 15) is 5.11 Å². The lowest BCUT2D eigenvalue weighted by Gasteiger charge is -2.39. The third kappa shape index (κ3) is 6.22. The predicted octanol–water partition coefficient (Wildman–Crippen LogP) is 3.68. The minimum atomic E-state index is -0.873. The van der Waals surface area contributed by atoms with E-state index in [2.05, 4.69) is 13.2 Å². The summed E-state index contributed by atoms with van der Waals surface area (Å²) in [4.78, 5) is 0. The molecule has 3 heteroatoms. The minimum absolute atomic E-state index is 0.287. The van der Waals surface area contributed by atoms with Gasteiger partial charge in [0.1, 0.15) is 5.76 Å². The molecule has 0 fully saturated rings. The highest BCUT2D eigenvalue weighted by Gasteiger charge is 2.36. The second kappa shape index (κ2) is 8.08. The maximum Gasteiger partial charge on any atom is 0.156 e. The van der Waals surface area contributed by atoms with E-state index in [-0.39, 0.29) is 5.41 Å². The molecule has 3 atom stereocenters. The summed E-state index contributed by atoms with van der Waals surface area (Å²) in [5, 5.41) is 9.94. The number of hydrogen-bond acceptors (Lipinski definition) is 3. The fourth-order valence-corrected chi connectivity index (χ4v) is 2.08. The number of hydrogen-bond donors (Lipinski definition) is 2. The lowest BCUT2D eigenvalue weighted by atomic mass is 9.76. The van der Waals surface area contributed by atoms with Crippen molar-refractivity contribution in [2.45, 2.75) is 52.4 Å². The summed E-state index contributed by atoms with van der Waals surface area (Å²) in [6.45, 7) is 15.0. The van der Waals surface area contributed by atoms with Crippen LogP contribution in [0, 0.1) is 5.41 Å². The van der Waals surface area contributed by atoms with Crippen LogP contribution in [-0.4, -0.2) is 16.9 Å². The zero-order valence-electron chi connectivity index (χ0n) is 13.2. The number of aliphatic hydroxyl groups excluding tert-OH is 1. The molecular weight excluding hydrogens is 250 g/mol. The lowest BCUT2D eigenvalue weighted by Crippen LogP contribution is -2.46. The van der Waals surface area contributed by atoms with Crippen molar-refractivity contribution in [2.75, 3.05) is 0 Å². The van der Waals surface area contributed by atoms with Crippen LogP contribution >= 0.6 is 0 Å². The zero-order valence-corrected chi connectivity index (χ0v) is 13.2. The van der Waals surface area contributed by atoms with Gasteiger partial charge in [0.25, 0.3) is 0 Å². The van der Waals surface area contributed by atoms with Crippen LogP contribution in [0.5, 0.6) is 0 Å². The molecule has 3 N–H and O–H groups in total. The topological polar surface area (TPSA) is 55.5 Å². The van der Waals surface area contributed by atoms with Gasteiger partial charge in [0.15, 0.2) is 5.72 Å². The van der Waals surface area contributed by atoms with E-state index >= 15 is 0 Å². The molecule has 3 nitrogen and oxygen atoms in total. The van der Waals surface area contributed by atoms with Gasteiger partial charge in [-0.1, -0.05) is 45.2 Å². The van der Waals surface area contributed by atoms with Gasteiger partial charge in [0.2, 0.25) is 0 Å². The third-order valence-corrected chi connectivity index (χ3v) is 3.60. The summed E-state index contributed by atoms with van der Waals surface area (Å²) in [7, 11) is 0. The van der Waals surface area contributed by atoms with Crippen molar-refractivity contribution < 1.29 is 9.84 Å². The van der Waals surface area contributed by atoms with E-state index in [1.54, 1.807) is 37.3 Å². The van der Waals surface area contributed by atoms with Crippen LogP contribution in [0.2, 0.25) is 0 Å². The quantitative estimate of drug-likeness (QED) is 0.384. The fourth-order valence-electron chi connectivity index (χ4n) is 2.08. The summed E-state index contributed by atoms with van der Waals surface area (Å²) < 4.78 is 5.85. The number of ether oxygens (including phenoxy) is 1. The summed E-state index contributed by atoms with van der Waals surface area (Å²) >= 11 is 0. The molecule has 0 aromatic rings. The van der Waals surface area contributed by atoms with Crippen molar-refractivity contribution in [2.24, 2.45) is 11.1 Å². The highest BCUT2D eigenvalue weighted by atomic mass is 16.5. The Hall–Kier alpha value is -1.32. The predicted molar refractivity (Wildman–Crippen MR) is 86.0 cm³/mol. The Morgan fingerprint density at radius 3 is 2.35 bits per heavy atom. The number of nitrogens with two attached hydrogens (primary N) is 1. The normalized spacial score (nSPS) is 20.0. The standard InChI is InChI=1S/C17H29NO2/c1-7-10-12-15(11-8-2)20-17(6,18)13-16(5,9-3)14(4)19/h7-8,10-12,14,19H,1-2,9,13,18H2,3-6H3/b12-10-,15-11+. The molecule has 0 rings (SSSR count). The van der Waals surface area contributed by atoms with Crippen LogP contribution < -0.4 is 5.73 Å². The Labute approximate surface area is 123 Å². The molecule has 3 unspecified atom stereocenters. The van der Waals surface area contributed by atoms with Gasteiger partial charge in [-0.25, -0.2) is 0 Å². The van der Waals surface area contributed by atoms with Crippen LogP contribution in [0.15, 0.2) is 49.3 Å². The first-order valence-electron chi connectivity index (χ1n) is 6.98. The van der Waals surface area contributed by atoms with Gasteiger partial charge in [0, 0.05) is 6.42 Å². The Balaban J connectivity index is 5.03. The molecule has 0 bridgehead atoms. The van der Waals surface area contributed by atoms with Crippen LogP contribution in [0.1, 0.15) is 40.5 Å².